The van der Waals surface area contributed by atoms with E-state index in [1.54, 1.807) is 0 Å². The molecule has 7 atom stereocenters. The van der Waals surface area contributed by atoms with Gasteiger partial charge in [-0.15, -0.1) is 0 Å². The Kier molecular flexibility index (Phi) is 10.6. The Bertz CT molecular complexity index is 680. The Morgan fingerprint density at radius 1 is 1.30 bits per heavy atom. The van der Waals surface area contributed by atoms with Gasteiger partial charge in [0.05, 0.1) is 5.57 Å². The zero-order valence-corrected chi connectivity index (χ0v) is 26.6. The van der Waals surface area contributed by atoms with E-state index in [-0.39, 0.29) is 22.9 Å². The van der Waals surface area contributed by atoms with Crippen LogP contribution in [0, 0.1) is 34.5 Å². The second-order valence-corrected chi connectivity index (χ2v) is 45.2. The number of aliphatic hydroxyl groups is 1. The number of carbonyl (C=O) groups is 1. The van der Waals surface area contributed by atoms with Gasteiger partial charge in [0, 0.05) is 0 Å². The molecule has 30 heavy (non-hydrogen) atoms. The van der Waals surface area contributed by atoms with Crippen LogP contribution in [0.1, 0.15) is 66.7 Å². The molecule has 2 saturated carbocycles. The van der Waals surface area contributed by atoms with Gasteiger partial charge in [0.1, 0.15) is 12.7 Å². The molecule has 1 aliphatic heterocycles. The zero-order chi connectivity index (χ0) is 22.9. The minimum absolute atomic E-state index is 0.0952. The maximum atomic E-state index is 11.9. The predicted molar refractivity (Wildman–Crippen MR) is 147 cm³/mol. The molecule has 172 valence electrons. The molecule has 0 bridgehead atoms. The Hall–Kier alpha value is 1.68. The number of carbonyl (C=O) groups excluding carboxylic acids is 1. The van der Waals surface area contributed by atoms with Crippen LogP contribution in [0.3, 0.4) is 0 Å². The van der Waals surface area contributed by atoms with Crippen LogP contribution in [0.4, 0.5) is 0 Å². The maximum absolute atomic E-state index is 11.9. The van der Waals surface area contributed by atoms with E-state index in [0.717, 1.165) is 12.3 Å². The quantitative estimate of drug-likeness (QED) is 0.139. The molecule has 1 saturated heterocycles. The van der Waals surface area contributed by atoms with Gasteiger partial charge in [-0.3, -0.25) is 0 Å². The van der Waals surface area contributed by atoms with E-state index < -0.39 is 6.10 Å². The third-order valence-electron chi connectivity index (χ3n) is 8.60. The fourth-order valence-electron chi connectivity index (χ4n) is 6.30. The van der Waals surface area contributed by atoms with Crippen LogP contribution in [-0.4, -0.2) is 23.8 Å². The molecule has 0 aromatic heterocycles. The van der Waals surface area contributed by atoms with Gasteiger partial charge in [-0.05, 0) is 60.2 Å². The normalized spacial score (nSPS) is 42.6. The number of allylic oxidation sites excluding steroid dienone is 2. The molecule has 3 unspecified atom stereocenters. The van der Waals surface area contributed by atoms with E-state index in [9.17, 15) is 9.90 Å². The molecule has 0 aromatic rings. The number of hydrogen-bond acceptors (Lipinski definition) is 3. The predicted octanol–water partition coefficient (Wildman–Crippen LogP) is 7.56. The summed E-state index contributed by atoms with van der Waals surface area (Å²) in [7, 11) is 0. The zero-order valence-electron chi connectivity index (χ0n) is 18.8. The van der Waals surface area contributed by atoms with Crippen molar-refractivity contribution >= 4 is 65.9 Å². The van der Waals surface area contributed by atoms with Gasteiger partial charge in [0.2, 0.25) is 0 Å². The van der Waals surface area contributed by atoms with E-state index in [1.807, 2.05) is 6.08 Å². The molecule has 1 N–H and O–H groups in total. The fourth-order valence-corrected chi connectivity index (χ4v) is 6.30. The van der Waals surface area contributed by atoms with Gasteiger partial charge in [-0.1, -0.05) is 59.3 Å². The third-order valence-corrected chi connectivity index (χ3v) is 8.60. The van der Waals surface area contributed by atoms with E-state index in [0.29, 0.717) is 28.7 Å². The summed E-state index contributed by atoms with van der Waals surface area (Å²) in [6, 6.07) is 0. The molecule has 3 fully saturated rings. The summed E-state index contributed by atoms with van der Waals surface area (Å²) in [5, 5.41) is 10.0. The summed E-state index contributed by atoms with van der Waals surface area (Å²) < 4.78 is 4.98. The molecular formula is C23H36I3O3V. The number of ether oxygens (including phenoxy) is 1. The van der Waals surface area contributed by atoms with Crippen LogP contribution in [0.2, 0.25) is 0 Å². The number of halogens is 3. The van der Waals surface area contributed by atoms with Crippen LogP contribution >= 0.6 is 59.9 Å². The van der Waals surface area contributed by atoms with Crippen molar-refractivity contribution in [2.24, 2.45) is 34.5 Å². The molecule has 0 aromatic carbocycles. The second kappa shape index (κ2) is 11.4. The van der Waals surface area contributed by atoms with Crippen molar-refractivity contribution in [3.63, 3.8) is 0 Å². The topological polar surface area (TPSA) is 46.5 Å². The van der Waals surface area contributed by atoms with Crippen molar-refractivity contribution in [2.75, 3.05) is 6.61 Å². The number of fused-ring (bicyclic) bond motifs is 1. The Balaban J connectivity index is 0.000000735. The first-order valence-corrected chi connectivity index (χ1v) is 24.4. The molecule has 0 radical (unpaired) electrons. The number of aliphatic hydroxyl groups excluding tert-OH is 1. The Morgan fingerprint density at radius 2 is 1.90 bits per heavy atom. The molecule has 2 aliphatic carbocycles. The molecule has 0 amide bonds. The minimum atomic E-state index is -0.771. The molecule has 1 heterocycles. The summed E-state index contributed by atoms with van der Waals surface area (Å²) in [5.41, 5.74) is 2.35. The number of cyclic esters (lactones) is 1. The van der Waals surface area contributed by atoms with E-state index in [2.05, 4.69) is 101 Å². The number of esters is 1. The molecular weight excluding hydrogens is 756 g/mol. The van der Waals surface area contributed by atoms with Crippen molar-refractivity contribution in [3.05, 3.63) is 23.8 Å². The SMILES string of the molecule is C=C1C(C)CC2[C@](C)(CC[C@@H](C)[C@@]2(C)CC)C1C/C=C1/C(=O)OC[C@H]1O.[I][V]([I])[I]. The molecule has 3 aliphatic rings. The van der Waals surface area contributed by atoms with Gasteiger partial charge in [-0.2, -0.15) is 0 Å². The first-order valence-electron chi connectivity index (χ1n) is 10.9. The summed E-state index contributed by atoms with van der Waals surface area (Å²) in [4.78, 5) is 11.6. The van der Waals surface area contributed by atoms with Gasteiger partial charge in [0.15, 0.2) is 0 Å². The first-order chi connectivity index (χ1) is 13.9. The molecule has 7 heteroatoms. The van der Waals surface area contributed by atoms with Crippen LogP contribution in [-0.2, 0) is 14.5 Å². The van der Waals surface area contributed by atoms with Crippen LogP contribution in [0.5, 0.6) is 0 Å². The second-order valence-electron chi connectivity index (χ2n) is 9.82. The average molecular weight is 792 g/mol. The fraction of sp³-hybridized carbons (Fsp3) is 0.783. The monoisotopic (exact) mass is 792 g/mol. The van der Waals surface area contributed by atoms with Crippen molar-refractivity contribution in [1.29, 1.82) is 0 Å². The van der Waals surface area contributed by atoms with E-state index in [4.69, 9.17) is 4.74 Å². The molecule has 3 nitrogen and oxygen atoms in total. The first kappa shape index (κ1) is 27.9. The molecule has 0 spiro atoms. The summed E-state index contributed by atoms with van der Waals surface area (Å²) in [6.45, 7) is 16.6. The van der Waals surface area contributed by atoms with Gasteiger partial charge in [-0.25, -0.2) is 4.79 Å². The van der Waals surface area contributed by atoms with Crippen molar-refractivity contribution < 1.29 is 19.6 Å². The summed E-state index contributed by atoms with van der Waals surface area (Å²) in [6.07, 6.45) is 6.88. The van der Waals surface area contributed by atoms with E-state index >= 15 is 0 Å². The average Bonchev–Trinajstić information content (AvgIpc) is 2.99. The van der Waals surface area contributed by atoms with Gasteiger partial charge in [0.25, 0.3) is 0 Å². The number of hydrogen-bond donors (Lipinski definition) is 1. The van der Waals surface area contributed by atoms with Gasteiger partial charge >= 0.3 is 70.8 Å². The van der Waals surface area contributed by atoms with Crippen LogP contribution < -0.4 is 0 Å². The van der Waals surface area contributed by atoms with Crippen molar-refractivity contribution in [1.82, 2.24) is 0 Å². The Morgan fingerprint density at radius 3 is 2.40 bits per heavy atom. The van der Waals surface area contributed by atoms with Crippen molar-refractivity contribution in [3.8, 4) is 0 Å². The Labute approximate surface area is 220 Å². The van der Waals surface area contributed by atoms with Crippen LogP contribution in [0.25, 0.3) is 0 Å². The van der Waals surface area contributed by atoms with Crippen molar-refractivity contribution in [2.45, 2.75) is 72.8 Å². The van der Waals surface area contributed by atoms with Gasteiger partial charge < -0.3 is 9.84 Å². The summed E-state index contributed by atoms with van der Waals surface area (Å²) >= 11 is 7.39. The summed E-state index contributed by atoms with van der Waals surface area (Å²) in [5.74, 6) is 1.93. The van der Waals surface area contributed by atoms with E-state index in [1.165, 1.54) is 31.3 Å². The van der Waals surface area contributed by atoms with Crippen LogP contribution in [0.15, 0.2) is 23.8 Å². The standard InChI is InChI=1S/C23H36O3.3HI.V/c1-7-22(5)15(3)10-11-23(6)18(16(4)14(2)12-20(22)23)9-8-17-19(24)13-26-21(17)25;;;;/h8,14-15,18-20,24H,4,7,9-13H2,1-3,5-6H3;3*1H;/q;;;;+3/p-3/b17-8+;;;;/t14?,15-,18?,19-,20?,22-,23-;;;;/m1..../s1. The number of rotatable bonds is 3. The third kappa shape index (κ3) is 5.84. The molecule has 3 rings (SSSR count).